The molecule has 0 radical (unpaired) electrons. The Morgan fingerprint density at radius 2 is 2.13 bits per heavy atom. The van der Waals surface area contributed by atoms with E-state index in [0.717, 1.165) is 24.2 Å². The van der Waals surface area contributed by atoms with Crippen molar-refractivity contribution in [3.63, 3.8) is 0 Å². The summed E-state index contributed by atoms with van der Waals surface area (Å²) >= 11 is 0. The topological polar surface area (TPSA) is 67.6 Å². The number of hydrogen-bond donors (Lipinski definition) is 2. The zero-order chi connectivity index (χ0) is 10.8. The number of nitrogen functional groups attached to an aromatic ring is 1. The van der Waals surface area contributed by atoms with Crippen molar-refractivity contribution in [3.05, 3.63) is 18.0 Å². The monoisotopic (exact) mass is 204 g/mol. The summed E-state index contributed by atoms with van der Waals surface area (Å²) in [6.07, 6.45) is 2.10. The second-order valence-electron chi connectivity index (χ2n) is 4.22. The molecule has 0 aliphatic heterocycles. The molecule has 80 valence electrons. The van der Waals surface area contributed by atoms with E-state index in [1.54, 1.807) is 6.07 Å². The zero-order valence-electron chi connectivity index (χ0n) is 9.12. The molecule has 2 aromatic rings. The van der Waals surface area contributed by atoms with Crippen molar-refractivity contribution in [2.24, 2.45) is 5.92 Å². The van der Waals surface area contributed by atoms with E-state index in [4.69, 9.17) is 5.73 Å². The minimum absolute atomic E-state index is 0.518. The maximum Gasteiger partial charge on any atom is 0.179 e. The Kier molecular flexibility index (Phi) is 2.58. The second-order valence-corrected chi connectivity index (χ2v) is 4.22. The summed E-state index contributed by atoms with van der Waals surface area (Å²) in [7, 11) is 0. The van der Waals surface area contributed by atoms with Crippen molar-refractivity contribution >= 4 is 17.0 Å². The fourth-order valence-corrected chi connectivity index (χ4v) is 1.50. The fraction of sp³-hybridized carbons (Fsp3) is 0.455. The highest BCUT2D eigenvalue weighted by Gasteiger charge is 2.04. The van der Waals surface area contributed by atoms with Gasteiger partial charge in [0.15, 0.2) is 5.65 Å². The number of nitrogens with two attached hydrogens (primary N) is 1. The number of aromatic nitrogens is 3. The summed E-state index contributed by atoms with van der Waals surface area (Å²) in [5, 5.41) is 0. The van der Waals surface area contributed by atoms with E-state index in [-0.39, 0.29) is 0 Å². The third-order valence-electron chi connectivity index (χ3n) is 2.37. The molecule has 4 nitrogen and oxygen atoms in total. The van der Waals surface area contributed by atoms with Crippen molar-refractivity contribution in [2.45, 2.75) is 26.7 Å². The summed E-state index contributed by atoms with van der Waals surface area (Å²) in [5.41, 5.74) is 7.27. The van der Waals surface area contributed by atoms with Gasteiger partial charge in [-0.3, -0.25) is 0 Å². The average Bonchev–Trinajstić information content (AvgIpc) is 2.56. The molecule has 0 aromatic carbocycles. The smallest absolute Gasteiger partial charge is 0.179 e. The third-order valence-corrected chi connectivity index (χ3v) is 2.37. The van der Waals surface area contributed by atoms with Crippen LogP contribution in [-0.2, 0) is 6.42 Å². The highest BCUT2D eigenvalue weighted by atomic mass is 15.0. The molecule has 0 amide bonds. The zero-order valence-corrected chi connectivity index (χ0v) is 9.12. The van der Waals surface area contributed by atoms with Gasteiger partial charge in [0.1, 0.15) is 11.6 Å². The predicted octanol–water partition coefficient (Wildman–Crippen LogP) is 2.13. The number of anilines is 1. The van der Waals surface area contributed by atoms with Crippen LogP contribution in [0.2, 0.25) is 0 Å². The molecule has 0 aliphatic rings. The lowest BCUT2D eigenvalue weighted by atomic mass is 10.1. The third kappa shape index (κ3) is 2.26. The summed E-state index contributed by atoms with van der Waals surface area (Å²) in [6.45, 7) is 4.41. The molecule has 0 unspecified atom stereocenters. The molecule has 0 saturated carbocycles. The molecule has 2 heterocycles. The number of hydrogen-bond acceptors (Lipinski definition) is 3. The lowest BCUT2D eigenvalue weighted by Gasteiger charge is -2.00. The van der Waals surface area contributed by atoms with Crippen molar-refractivity contribution < 1.29 is 0 Å². The lowest BCUT2D eigenvalue weighted by molar-refractivity contribution is 0.577. The van der Waals surface area contributed by atoms with Crippen LogP contribution >= 0.6 is 0 Å². The highest BCUT2D eigenvalue weighted by Crippen LogP contribution is 2.13. The maximum absolute atomic E-state index is 5.59. The molecule has 0 fully saturated rings. The predicted molar refractivity (Wildman–Crippen MR) is 61.5 cm³/mol. The molecule has 15 heavy (non-hydrogen) atoms. The standard InChI is InChI=1S/C11H16N4/c1-7(2)3-6-10-13-8-4-5-9(12)14-11(8)15-10/h4-5,7H,3,6H2,1-2H3,(H3,12,13,14,15). The first-order valence-corrected chi connectivity index (χ1v) is 5.26. The van der Waals surface area contributed by atoms with Gasteiger partial charge in [-0.05, 0) is 24.5 Å². The molecule has 3 N–H and O–H groups in total. The minimum Gasteiger partial charge on any atom is -0.384 e. The van der Waals surface area contributed by atoms with Crippen LogP contribution in [0, 0.1) is 5.92 Å². The summed E-state index contributed by atoms with van der Waals surface area (Å²) in [4.78, 5) is 11.8. The van der Waals surface area contributed by atoms with E-state index in [9.17, 15) is 0 Å². The first-order valence-electron chi connectivity index (χ1n) is 5.26. The van der Waals surface area contributed by atoms with Crippen LogP contribution in [0.15, 0.2) is 12.1 Å². The number of rotatable bonds is 3. The molecule has 2 rings (SSSR count). The van der Waals surface area contributed by atoms with Crippen molar-refractivity contribution in [2.75, 3.05) is 5.73 Å². The number of nitrogens with zero attached hydrogens (tertiary/aromatic N) is 2. The second kappa shape index (κ2) is 3.88. The van der Waals surface area contributed by atoms with Crippen molar-refractivity contribution in [3.8, 4) is 0 Å². The van der Waals surface area contributed by atoms with Gasteiger partial charge in [0.25, 0.3) is 0 Å². The summed E-state index contributed by atoms with van der Waals surface area (Å²) in [6, 6.07) is 3.70. The van der Waals surface area contributed by atoms with Crippen LogP contribution in [-0.4, -0.2) is 15.0 Å². The van der Waals surface area contributed by atoms with Crippen LogP contribution < -0.4 is 5.73 Å². The van der Waals surface area contributed by atoms with Gasteiger partial charge >= 0.3 is 0 Å². The van der Waals surface area contributed by atoms with Crippen LogP contribution in [0.3, 0.4) is 0 Å². The van der Waals surface area contributed by atoms with Crippen LogP contribution in [0.1, 0.15) is 26.1 Å². The molecular weight excluding hydrogens is 188 g/mol. The van der Waals surface area contributed by atoms with E-state index in [0.29, 0.717) is 17.4 Å². The van der Waals surface area contributed by atoms with Gasteiger partial charge in [0.2, 0.25) is 0 Å². The van der Waals surface area contributed by atoms with Crippen molar-refractivity contribution in [1.29, 1.82) is 0 Å². The SMILES string of the molecule is CC(C)CCc1nc2nc(N)ccc2[nH]1. The Bertz CT molecular complexity index is 459. The van der Waals surface area contributed by atoms with Gasteiger partial charge in [0, 0.05) is 6.42 Å². The highest BCUT2D eigenvalue weighted by molar-refractivity contribution is 5.72. The van der Waals surface area contributed by atoms with Crippen LogP contribution in [0.25, 0.3) is 11.2 Å². The number of fused-ring (bicyclic) bond motifs is 1. The molecule has 0 atom stereocenters. The Balaban J connectivity index is 2.23. The normalized spacial score (nSPS) is 11.4. The lowest BCUT2D eigenvalue weighted by Crippen LogP contribution is -1.93. The number of aryl methyl sites for hydroxylation is 1. The van der Waals surface area contributed by atoms with Gasteiger partial charge in [-0.15, -0.1) is 0 Å². The molecule has 0 spiro atoms. The minimum atomic E-state index is 0.518. The van der Waals surface area contributed by atoms with Gasteiger partial charge < -0.3 is 10.7 Å². The Morgan fingerprint density at radius 1 is 1.33 bits per heavy atom. The fourth-order valence-electron chi connectivity index (χ4n) is 1.50. The molecule has 0 bridgehead atoms. The number of pyridine rings is 1. The quantitative estimate of drug-likeness (QED) is 0.804. The van der Waals surface area contributed by atoms with E-state index in [1.165, 1.54) is 0 Å². The van der Waals surface area contributed by atoms with Gasteiger partial charge in [-0.25, -0.2) is 9.97 Å². The molecular formula is C11H16N4. The number of imidazole rings is 1. The van der Waals surface area contributed by atoms with E-state index in [2.05, 4.69) is 28.8 Å². The number of aromatic amines is 1. The van der Waals surface area contributed by atoms with Gasteiger partial charge in [-0.1, -0.05) is 13.8 Å². The van der Waals surface area contributed by atoms with Gasteiger partial charge in [0.05, 0.1) is 5.52 Å². The first-order chi connectivity index (χ1) is 7.15. The molecule has 4 heteroatoms. The average molecular weight is 204 g/mol. The van der Waals surface area contributed by atoms with Crippen molar-refractivity contribution in [1.82, 2.24) is 15.0 Å². The summed E-state index contributed by atoms with van der Waals surface area (Å²) < 4.78 is 0. The molecule has 2 aromatic heterocycles. The Morgan fingerprint density at radius 3 is 2.87 bits per heavy atom. The first kappa shape index (κ1) is 9.96. The largest absolute Gasteiger partial charge is 0.384 e. The molecule has 0 aliphatic carbocycles. The summed E-state index contributed by atoms with van der Waals surface area (Å²) in [5.74, 6) is 2.21. The van der Waals surface area contributed by atoms with Crippen LogP contribution in [0.5, 0.6) is 0 Å². The Labute approximate surface area is 88.9 Å². The maximum atomic E-state index is 5.59. The number of nitrogens with one attached hydrogen (secondary N) is 1. The van der Waals surface area contributed by atoms with E-state index >= 15 is 0 Å². The number of H-pyrrole nitrogens is 1. The Hall–Kier alpha value is -1.58. The van der Waals surface area contributed by atoms with E-state index < -0.39 is 0 Å². The molecule has 0 saturated heterocycles. The van der Waals surface area contributed by atoms with E-state index in [1.807, 2.05) is 6.07 Å². The van der Waals surface area contributed by atoms with Gasteiger partial charge in [-0.2, -0.15) is 0 Å². The van der Waals surface area contributed by atoms with Crippen LogP contribution in [0.4, 0.5) is 5.82 Å².